The third kappa shape index (κ3) is 2.35. The molecule has 0 N–H and O–H groups in total. The summed E-state index contributed by atoms with van der Waals surface area (Å²) in [7, 11) is 0. The normalized spacial score (nSPS) is 14.2. The number of allylic oxidation sites excluding steroid dienone is 1. The lowest BCUT2D eigenvalue weighted by Crippen LogP contribution is -2.10. The van der Waals surface area contributed by atoms with E-state index in [1.165, 1.54) is 27.8 Å². The van der Waals surface area contributed by atoms with Gasteiger partial charge >= 0.3 is 0 Å². The van der Waals surface area contributed by atoms with E-state index in [1.807, 2.05) is 0 Å². The summed E-state index contributed by atoms with van der Waals surface area (Å²) in [6.45, 7) is 6.77. The zero-order valence-electron chi connectivity index (χ0n) is 11.9. The highest BCUT2D eigenvalue weighted by Gasteiger charge is 2.16. The van der Waals surface area contributed by atoms with Crippen molar-refractivity contribution in [3.05, 3.63) is 70.8 Å². The molecule has 0 saturated heterocycles. The summed E-state index contributed by atoms with van der Waals surface area (Å²) in [5.74, 6) is 0. The highest BCUT2D eigenvalue weighted by molar-refractivity contribution is 5.88. The monoisotopic (exact) mass is 248 g/mol. The Kier molecular flexibility index (Phi) is 2.82. The van der Waals surface area contributed by atoms with Gasteiger partial charge in [-0.05, 0) is 39.7 Å². The predicted molar refractivity (Wildman–Crippen MR) is 83.2 cm³/mol. The number of hydrogen-bond acceptors (Lipinski definition) is 0. The molecule has 0 heteroatoms. The van der Waals surface area contributed by atoms with Gasteiger partial charge in [0.2, 0.25) is 0 Å². The van der Waals surface area contributed by atoms with Crippen molar-refractivity contribution in [1.29, 1.82) is 0 Å². The van der Waals surface area contributed by atoms with Gasteiger partial charge in [-0.3, -0.25) is 0 Å². The second-order valence-electron chi connectivity index (χ2n) is 6.37. The number of benzene rings is 2. The highest BCUT2D eigenvalue weighted by atomic mass is 14.2. The fourth-order valence-electron chi connectivity index (χ4n) is 2.65. The van der Waals surface area contributed by atoms with Gasteiger partial charge < -0.3 is 0 Å². The molecule has 0 atom stereocenters. The maximum Gasteiger partial charge on any atom is -0.00137 e. The van der Waals surface area contributed by atoms with Gasteiger partial charge in [0.1, 0.15) is 0 Å². The highest BCUT2D eigenvalue weighted by Crippen LogP contribution is 2.32. The summed E-state index contributed by atoms with van der Waals surface area (Å²) in [5, 5.41) is 0. The Balaban J connectivity index is 1.90. The molecule has 0 fully saturated rings. The van der Waals surface area contributed by atoms with Crippen LogP contribution in [0.15, 0.2) is 48.5 Å². The van der Waals surface area contributed by atoms with E-state index in [4.69, 9.17) is 0 Å². The Morgan fingerprint density at radius 3 is 2.16 bits per heavy atom. The second-order valence-corrected chi connectivity index (χ2v) is 6.37. The fourth-order valence-corrected chi connectivity index (χ4v) is 2.65. The zero-order chi connectivity index (χ0) is 13.5. The van der Waals surface area contributed by atoms with Crippen LogP contribution in [-0.4, -0.2) is 0 Å². The van der Waals surface area contributed by atoms with Gasteiger partial charge in [0.15, 0.2) is 0 Å². The summed E-state index contributed by atoms with van der Waals surface area (Å²) in [5.41, 5.74) is 7.22. The van der Waals surface area contributed by atoms with Crippen LogP contribution in [0.4, 0.5) is 0 Å². The summed E-state index contributed by atoms with van der Waals surface area (Å²) >= 11 is 0. The lowest BCUT2D eigenvalue weighted by molar-refractivity contribution is 0.590. The quantitative estimate of drug-likeness (QED) is 0.660. The van der Waals surface area contributed by atoms with Crippen molar-refractivity contribution in [3.63, 3.8) is 0 Å². The van der Waals surface area contributed by atoms with Crippen molar-refractivity contribution >= 4 is 11.6 Å². The first kappa shape index (κ1) is 12.2. The van der Waals surface area contributed by atoms with Crippen LogP contribution >= 0.6 is 0 Å². The van der Waals surface area contributed by atoms with Crippen LogP contribution in [0.25, 0.3) is 11.6 Å². The maximum atomic E-state index is 2.32. The molecule has 2 aromatic rings. The predicted octanol–water partition coefficient (Wildman–Crippen LogP) is 5.08. The van der Waals surface area contributed by atoms with Gasteiger partial charge in [-0.15, -0.1) is 0 Å². The lowest BCUT2D eigenvalue weighted by Gasteiger charge is -2.19. The van der Waals surface area contributed by atoms with E-state index in [1.54, 1.807) is 0 Å². The molecule has 0 amide bonds. The first-order chi connectivity index (χ1) is 9.04. The largest absolute Gasteiger partial charge is 0.0619 e. The number of rotatable bonds is 1. The van der Waals surface area contributed by atoms with Crippen molar-refractivity contribution in [2.75, 3.05) is 0 Å². The first-order valence-electron chi connectivity index (χ1n) is 6.93. The Morgan fingerprint density at radius 2 is 1.53 bits per heavy atom. The summed E-state index contributed by atoms with van der Waals surface area (Å²) in [6, 6.07) is 17.7. The molecule has 0 bridgehead atoms. The van der Waals surface area contributed by atoms with E-state index in [2.05, 4.69) is 75.4 Å². The van der Waals surface area contributed by atoms with Crippen molar-refractivity contribution in [3.8, 4) is 0 Å². The smallest absolute Gasteiger partial charge is 0.00137 e. The van der Waals surface area contributed by atoms with Gasteiger partial charge in [-0.1, -0.05) is 75.4 Å². The molecule has 3 rings (SSSR count). The third-order valence-corrected chi connectivity index (χ3v) is 3.89. The maximum absolute atomic E-state index is 2.32. The Hall–Kier alpha value is -1.82. The molecular formula is C19H20. The van der Waals surface area contributed by atoms with Crippen LogP contribution in [-0.2, 0) is 11.8 Å². The fraction of sp³-hybridized carbons (Fsp3) is 0.263. The van der Waals surface area contributed by atoms with Crippen LogP contribution in [0.1, 0.15) is 43.0 Å². The van der Waals surface area contributed by atoms with Crippen molar-refractivity contribution in [2.45, 2.75) is 32.6 Å². The average molecular weight is 248 g/mol. The van der Waals surface area contributed by atoms with E-state index in [9.17, 15) is 0 Å². The van der Waals surface area contributed by atoms with E-state index >= 15 is 0 Å². The Labute approximate surface area is 115 Å². The van der Waals surface area contributed by atoms with Crippen LogP contribution in [0, 0.1) is 0 Å². The van der Waals surface area contributed by atoms with Gasteiger partial charge in [-0.2, -0.15) is 0 Å². The van der Waals surface area contributed by atoms with Crippen molar-refractivity contribution in [1.82, 2.24) is 0 Å². The Morgan fingerprint density at radius 1 is 0.842 bits per heavy atom. The molecule has 0 heterocycles. The van der Waals surface area contributed by atoms with Crippen LogP contribution < -0.4 is 0 Å². The first-order valence-corrected chi connectivity index (χ1v) is 6.93. The molecule has 96 valence electrons. The molecule has 0 radical (unpaired) electrons. The molecule has 1 aliphatic carbocycles. The van der Waals surface area contributed by atoms with Gasteiger partial charge in [0.05, 0.1) is 0 Å². The SMILES string of the molecule is CC(C)(C)c1ccc(C2=Cc3ccccc3C2)cc1. The van der Waals surface area contributed by atoms with E-state index < -0.39 is 0 Å². The second kappa shape index (κ2) is 4.38. The Bertz CT molecular complexity index is 622. The zero-order valence-corrected chi connectivity index (χ0v) is 11.9. The number of hydrogen-bond donors (Lipinski definition) is 0. The molecule has 0 aromatic heterocycles. The van der Waals surface area contributed by atoms with Crippen LogP contribution in [0.2, 0.25) is 0 Å². The summed E-state index contributed by atoms with van der Waals surface area (Å²) in [4.78, 5) is 0. The third-order valence-electron chi connectivity index (χ3n) is 3.89. The van der Waals surface area contributed by atoms with Gasteiger partial charge in [-0.25, -0.2) is 0 Å². The van der Waals surface area contributed by atoms with E-state index in [0.717, 1.165) is 6.42 Å². The van der Waals surface area contributed by atoms with Crippen LogP contribution in [0.3, 0.4) is 0 Å². The minimum atomic E-state index is 0.228. The number of fused-ring (bicyclic) bond motifs is 1. The van der Waals surface area contributed by atoms with Gasteiger partial charge in [0.25, 0.3) is 0 Å². The lowest BCUT2D eigenvalue weighted by atomic mass is 9.86. The van der Waals surface area contributed by atoms with Crippen molar-refractivity contribution in [2.24, 2.45) is 0 Å². The average Bonchev–Trinajstić information content (AvgIpc) is 2.81. The van der Waals surface area contributed by atoms with Crippen molar-refractivity contribution < 1.29 is 0 Å². The molecule has 0 aliphatic heterocycles. The summed E-state index contributed by atoms with van der Waals surface area (Å²) < 4.78 is 0. The molecule has 2 aromatic carbocycles. The topological polar surface area (TPSA) is 0 Å². The van der Waals surface area contributed by atoms with Crippen LogP contribution in [0.5, 0.6) is 0 Å². The van der Waals surface area contributed by atoms with Gasteiger partial charge in [0, 0.05) is 0 Å². The minimum Gasteiger partial charge on any atom is -0.0619 e. The molecular weight excluding hydrogens is 228 g/mol. The molecule has 0 unspecified atom stereocenters. The molecule has 0 spiro atoms. The van der Waals surface area contributed by atoms with E-state index in [-0.39, 0.29) is 5.41 Å². The molecule has 0 nitrogen and oxygen atoms in total. The molecule has 0 saturated carbocycles. The van der Waals surface area contributed by atoms with E-state index in [0.29, 0.717) is 0 Å². The molecule has 1 aliphatic rings. The summed E-state index contributed by atoms with van der Waals surface area (Å²) in [6.07, 6.45) is 3.38. The molecule has 19 heavy (non-hydrogen) atoms. The minimum absolute atomic E-state index is 0.228. The standard InChI is InChI=1S/C19H20/c1-19(2,3)18-10-8-14(9-11-18)17-12-15-6-4-5-7-16(15)13-17/h4-12H,13H2,1-3H3.